The molecule has 1 saturated heterocycles. The van der Waals surface area contributed by atoms with Crippen LogP contribution in [0, 0.1) is 0 Å². The van der Waals surface area contributed by atoms with Crippen molar-refractivity contribution < 1.29 is 14.3 Å². The maximum atomic E-state index is 12.2. The number of carbonyl (C=O) groups is 2. The summed E-state index contributed by atoms with van der Waals surface area (Å²) >= 11 is 1.40. The van der Waals surface area contributed by atoms with Gasteiger partial charge in [0.05, 0.1) is 6.54 Å². The van der Waals surface area contributed by atoms with Gasteiger partial charge in [0.15, 0.2) is 5.13 Å². The van der Waals surface area contributed by atoms with Crippen LogP contribution in [0.1, 0.15) is 40.0 Å². The fraction of sp³-hybridized carbons (Fsp3) is 0.688. The molecule has 0 aromatic carbocycles. The summed E-state index contributed by atoms with van der Waals surface area (Å²) in [6.45, 7) is 7.15. The van der Waals surface area contributed by atoms with Crippen molar-refractivity contribution in [3.05, 3.63) is 11.6 Å². The van der Waals surface area contributed by atoms with Crippen molar-refractivity contribution >= 4 is 28.5 Å². The molecule has 1 aliphatic rings. The topological polar surface area (TPSA) is 83.6 Å². The molecule has 0 aliphatic carbocycles. The predicted molar refractivity (Wildman–Crippen MR) is 94.2 cm³/mol. The van der Waals surface area contributed by atoms with Crippen LogP contribution in [-0.4, -0.2) is 53.2 Å². The number of likely N-dealkylation sites (tertiary alicyclic amines) is 1. The molecule has 0 spiro atoms. The van der Waals surface area contributed by atoms with E-state index in [1.165, 1.54) is 11.3 Å². The number of anilines is 1. The van der Waals surface area contributed by atoms with E-state index in [4.69, 9.17) is 4.74 Å². The molecule has 2 N–H and O–H groups in total. The quantitative estimate of drug-likeness (QED) is 0.849. The molecule has 24 heavy (non-hydrogen) atoms. The Morgan fingerprint density at radius 3 is 2.88 bits per heavy atom. The number of carbonyl (C=O) groups excluding carboxylic acids is 2. The van der Waals surface area contributed by atoms with Gasteiger partial charge in [0.2, 0.25) is 5.91 Å². The second-order valence-electron chi connectivity index (χ2n) is 6.89. The van der Waals surface area contributed by atoms with Gasteiger partial charge in [0.25, 0.3) is 0 Å². The van der Waals surface area contributed by atoms with Gasteiger partial charge in [-0.25, -0.2) is 9.78 Å². The Bertz CT molecular complexity index is 542. The number of nitrogens with one attached hydrogen (secondary N) is 2. The van der Waals surface area contributed by atoms with E-state index < -0.39 is 11.7 Å². The van der Waals surface area contributed by atoms with Gasteiger partial charge in [-0.05, 0) is 40.2 Å². The largest absolute Gasteiger partial charge is 0.444 e. The van der Waals surface area contributed by atoms with E-state index in [0.717, 1.165) is 25.8 Å². The number of amides is 2. The van der Waals surface area contributed by atoms with E-state index in [1.807, 2.05) is 26.2 Å². The zero-order valence-corrected chi connectivity index (χ0v) is 15.3. The summed E-state index contributed by atoms with van der Waals surface area (Å²) in [5, 5.41) is 8.05. The number of ether oxygens (including phenoxy) is 1. The number of nitrogens with zero attached hydrogens (tertiary/aromatic N) is 2. The van der Waals surface area contributed by atoms with Crippen molar-refractivity contribution in [2.45, 2.75) is 51.7 Å². The molecule has 2 amide bonds. The van der Waals surface area contributed by atoms with Crippen LogP contribution in [0.15, 0.2) is 11.6 Å². The maximum absolute atomic E-state index is 12.2. The van der Waals surface area contributed by atoms with Gasteiger partial charge in [0.1, 0.15) is 5.60 Å². The number of hydrogen-bond acceptors (Lipinski definition) is 6. The van der Waals surface area contributed by atoms with Crippen LogP contribution in [0.4, 0.5) is 9.93 Å². The molecule has 2 heterocycles. The highest BCUT2D eigenvalue weighted by molar-refractivity contribution is 7.13. The zero-order valence-electron chi connectivity index (χ0n) is 14.5. The summed E-state index contributed by atoms with van der Waals surface area (Å²) in [4.78, 5) is 30.1. The van der Waals surface area contributed by atoms with Crippen LogP contribution in [-0.2, 0) is 9.53 Å². The van der Waals surface area contributed by atoms with Crippen LogP contribution < -0.4 is 10.6 Å². The zero-order chi connectivity index (χ0) is 17.6. The lowest BCUT2D eigenvalue weighted by atomic mass is 10.0. The minimum absolute atomic E-state index is 0.0749. The number of alkyl carbamates (subject to hydrolysis) is 1. The van der Waals surface area contributed by atoms with E-state index in [0.29, 0.717) is 18.2 Å². The van der Waals surface area contributed by atoms with Gasteiger partial charge >= 0.3 is 6.09 Å². The molecule has 1 aromatic rings. The Hall–Kier alpha value is -1.67. The number of rotatable bonds is 5. The molecule has 1 aliphatic heterocycles. The van der Waals surface area contributed by atoms with Gasteiger partial charge < -0.3 is 15.4 Å². The number of hydrogen-bond donors (Lipinski definition) is 2. The molecule has 0 unspecified atom stereocenters. The van der Waals surface area contributed by atoms with Crippen molar-refractivity contribution in [2.24, 2.45) is 0 Å². The van der Waals surface area contributed by atoms with Gasteiger partial charge in [-0.1, -0.05) is 6.42 Å². The van der Waals surface area contributed by atoms with Gasteiger partial charge in [0, 0.05) is 24.2 Å². The average Bonchev–Trinajstić information content (AvgIpc) is 2.97. The molecule has 1 fully saturated rings. The molecule has 1 atom stereocenters. The average molecular weight is 354 g/mol. The monoisotopic (exact) mass is 354 g/mol. The summed E-state index contributed by atoms with van der Waals surface area (Å²) in [6.07, 6.45) is 4.37. The molecule has 7 nitrogen and oxygen atoms in total. The van der Waals surface area contributed by atoms with Crippen LogP contribution in [0.25, 0.3) is 0 Å². The molecular formula is C16H26N4O3S. The lowest BCUT2D eigenvalue weighted by Crippen LogP contribution is -2.49. The van der Waals surface area contributed by atoms with Gasteiger partial charge in [-0.2, -0.15) is 0 Å². The highest BCUT2D eigenvalue weighted by Gasteiger charge is 2.25. The van der Waals surface area contributed by atoms with Crippen molar-refractivity contribution in [1.29, 1.82) is 0 Å². The Labute approximate surface area is 146 Å². The number of piperidine rings is 1. The molecule has 2 rings (SSSR count). The highest BCUT2D eigenvalue weighted by atomic mass is 32.1. The summed E-state index contributed by atoms with van der Waals surface area (Å²) in [5.41, 5.74) is -0.510. The second kappa shape index (κ2) is 8.43. The first-order valence-electron chi connectivity index (χ1n) is 8.24. The third kappa shape index (κ3) is 6.45. The second-order valence-corrected chi connectivity index (χ2v) is 7.78. The first kappa shape index (κ1) is 18.7. The molecule has 0 saturated carbocycles. The smallest absolute Gasteiger partial charge is 0.407 e. The molecular weight excluding hydrogens is 328 g/mol. The van der Waals surface area contributed by atoms with Gasteiger partial charge in [-0.15, -0.1) is 11.3 Å². The SMILES string of the molecule is CC(C)(C)OC(=O)NC[C@H]1CCCCN1CC(=O)Nc1nccs1. The standard InChI is InChI=1S/C16H26N4O3S/c1-16(2,3)23-15(22)18-10-12-6-4-5-8-20(12)11-13(21)19-14-17-7-9-24-14/h7,9,12H,4-6,8,10-11H2,1-3H3,(H,18,22)(H,17,19,21)/t12-/m1/s1. The molecule has 1 aromatic heterocycles. The molecule has 0 bridgehead atoms. The van der Waals surface area contributed by atoms with E-state index in [2.05, 4.69) is 20.5 Å². The van der Waals surface area contributed by atoms with Crippen LogP contribution >= 0.6 is 11.3 Å². The first-order valence-corrected chi connectivity index (χ1v) is 9.12. The minimum Gasteiger partial charge on any atom is -0.444 e. The third-order valence-corrected chi connectivity index (χ3v) is 4.34. The van der Waals surface area contributed by atoms with E-state index in [1.54, 1.807) is 6.20 Å². The fourth-order valence-corrected chi connectivity index (χ4v) is 3.19. The van der Waals surface area contributed by atoms with Crippen molar-refractivity contribution in [1.82, 2.24) is 15.2 Å². The third-order valence-electron chi connectivity index (χ3n) is 3.66. The first-order chi connectivity index (χ1) is 11.3. The molecule has 8 heteroatoms. The normalized spacial score (nSPS) is 18.9. The van der Waals surface area contributed by atoms with Crippen molar-refractivity contribution in [3.63, 3.8) is 0 Å². The summed E-state index contributed by atoms with van der Waals surface area (Å²) in [7, 11) is 0. The Kier molecular flexibility index (Phi) is 6.56. The minimum atomic E-state index is -0.510. The van der Waals surface area contributed by atoms with Crippen LogP contribution in [0.2, 0.25) is 0 Å². The van der Waals surface area contributed by atoms with Crippen molar-refractivity contribution in [2.75, 3.05) is 25.0 Å². The predicted octanol–water partition coefficient (Wildman–Crippen LogP) is 2.46. The van der Waals surface area contributed by atoms with Crippen LogP contribution in [0.3, 0.4) is 0 Å². The van der Waals surface area contributed by atoms with E-state index in [9.17, 15) is 9.59 Å². The molecule has 134 valence electrons. The Morgan fingerprint density at radius 2 is 2.21 bits per heavy atom. The Balaban J connectivity index is 1.81. The number of thiazole rings is 1. The maximum Gasteiger partial charge on any atom is 0.407 e. The number of aromatic nitrogens is 1. The highest BCUT2D eigenvalue weighted by Crippen LogP contribution is 2.17. The Morgan fingerprint density at radius 1 is 1.42 bits per heavy atom. The summed E-state index contributed by atoms with van der Waals surface area (Å²) < 4.78 is 5.26. The van der Waals surface area contributed by atoms with Crippen molar-refractivity contribution in [3.8, 4) is 0 Å². The fourth-order valence-electron chi connectivity index (χ4n) is 2.64. The lowest BCUT2D eigenvalue weighted by Gasteiger charge is -2.35. The summed E-state index contributed by atoms with van der Waals surface area (Å²) in [5.74, 6) is -0.0749. The van der Waals surface area contributed by atoms with Gasteiger partial charge in [-0.3, -0.25) is 9.69 Å². The summed E-state index contributed by atoms with van der Waals surface area (Å²) in [6, 6.07) is 0.147. The molecule has 0 radical (unpaired) electrons. The van der Waals surface area contributed by atoms with Crippen LogP contribution in [0.5, 0.6) is 0 Å². The van der Waals surface area contributed by atoms with E-state index >= 15 is 0 Å². The lowest BCUT2D eigenvalue weighted by molar-refractivity contribution is -0.118. The van der Waals surface area contributed by atoms with E-state index in [-0.39, 0.29) is 11.9 Å².